The molecular formula is C18H23N3O3. The molecule has 0 spiro atoms. The van der Waals surface area contributed by atoms with Crippen molar-refractivity contribution in [3.8, 4) is 11.4 Å². The van der Waals surface area contributed by atoms with Gasteiger partial charge < -0.3 is 14.2 Å². The van der Waals surface area contributed by atoms with Crippen LogP contribution in [0.4, 0.5) is 0 Å². The fraction of sp³-hybridized carbons (Fsp3) is 0.500. The molecule has 0 unspecified atom stereocenters. The fourth-order valence-corrected chi connectivity index (χ4v) is 2.78. The maximum Gasteiger partial charge on any atom is 0.227 e. The summed E-state index contributed by atoms with van der Waals surface area (Å²) in [5, 5.41) is 4.01. The van der Waals surface area contributed by atoms with Crippen molar-refractivity contribution in [3.05, 3.63) is 35.7 Å². The van der Waals surface area contributed by atoms with Gasteiger partial charge in [-0.25, -0.2) is 0 Å². The minimum absolute atomic E-state index is 0.101. The second-order valence-electron chi connectivity index (χ2n) is 6.08. The lowest BCUT2D eigenvalue weighted by molar-refractivity contribution is -0.138. The van der Waals surface area contributed by atoms with Crippen LogP contribution in [0.2, 0.25) is 0 Å². The molecule has 6 heteroatoms. The lowest BCUT2D eigenvalue weighted by atomic mass is 10.1. The summed E-state index contributed by atoms with van der Waals surface area (Å²) in [6, 6.07) is 8.12. The van der Waals surface area contributed by atoms with Gasteiger partial charge in [-0.2, -0.15) is 4.98 Å². The van der Waals surface area contributed by atoms with E-state index >= 15 is 0 Å². The second kappa shape index (κ2) is 7.57. The van der Waals surface area contributed by atoms with E-state index in [2.05, 4.69) is 29.2 Å². The molecule has 0 N–H and O–H groups in total. The lowest BCUT2D eigenvalue weighted by Crippen LogP contribution is -2.44. The van der Waals surface area contributed by atoms with Crippen molar-refractivity contribution in [2.24, 2.45) is 0 Å². The van der Waals surface area contributed by atoms with Crippen LogP contribution in [0.5, 0.6) is 0 Å². The molecule has 128 valence electrons. The van der Waals surface area contributed by atoms with Gasteiger partial charge in [0, 0.05) is 31.5 Å². The van der Waals surface area contributed by atoms with E-state index in [1.54, 1.807) is 0 Å². The van der Waals surface area contributed by atoms with Crippen LogP contribution in [-0.4, -0.2) is 46.7 Å². The molecule has 0 aliphatic carbocycles. The molecule has 1 saturated heterocycles. The van der Waals surface area contributed by atoms with Crippen molar-refractivity contribution < 1.29 is 14.1 Å². The Labute approximate surface area is 141 Å². The minimum Gasteiger partial charge on any atom is -0.375 e. The molecule has 1 aliphatic rings. The van der Waals surface area contributed by atoms with E-state index in [-0.39, 0.29) is 12.0 Å². The maximum atomic E-state index is 12.2. The number of hydrogen-bond donors (Lipinski definition) is 0. The Balaban J connectivity index is 1.56. The third kappa shape index (κ3) is 4.00. The third-order valence-electron chi connectivity index (χ3n) is 4.23. The van der Waals surface area contributed by atoms with E-state index < -0.39 is 0 Å². The van der Waals surface area contributed by atoms with Gasteiger partial charge in [-0.15, -0.1) is 0 Å². The summed E-state index contributed by atoms with van der Waals surface area (Å²) in [7, 11) is 0. The van der Waals surface area contributed by atoms with Crippen LogP contribution in [0.1, 0.15) is 31.7 Å². The van der Waals surface area contributed by atoms with Crippen molar-refractivity contribution >= 4 is 5.91 Å². The summed E-state index contributed by atoms with van der Waals surface area (Å²) in [4.78, 5) is 18.5. The van der Waals surface area contributed by atoms with Crippen LogP contribution in [-0.2, 0) is 22.4 Å². The number of carbonyl (C=O) groups is 1. The Morgan fingerprint density at radius 1 is 1.33 bits per heavy atom. The van der Waals surface area contributed by atoms with Crippen LogP contribution in [0, 0.1) is 0 Å². The predicted octanol–water partition coefficient (Wildman–Crippen LogP) is 2.48. The van der Waals surface area contributed by atoms with Crippen molar-refractivity contribution in [1.82, 2.24) is 15.0 Å². The van der Waals surface area contributed by atoms with Crippen LogP contribution < -0.4 is 0 Å². The zero-order chi connectivity index (χ0) is 16.9. The lowest BCUT2D eigenvalue weighted by Gasteiger charge is -2.31. The Hall–Kier alpha value is -2.21. The van der Waals surface area contributed by atoms with Gasteiger partial charge in [0.05, 0.1) is 12.7 Å². The van der Waals surface area contributed by atoms with Gasteiger partial charge in [0.2, 0.25) is 17.6 Å². The minimum atomic E-state index is 0.101. The SMILES string of the molecule is CCc1ccc(-c2noc(CCC(=O)N3CCO[C@H](C)C3)n2)cc1. The quantitative estimate of drug-likeness (QED) is 0.843. The van der Waals surface area contributed by atoms with E-state index in [4.69, 9.17) is 9.26 Å². The molecule has 1 aromatic heterocycles. The molecule has 0 bridgehead atoms. The highest BCUT2D eigenvalue weighted by Gasteiger charge is 2.21. The Morgan fingerprint density at radius 2 is 2.12 bits per heavy atom. The molecule has 0 saturated carbocycles. The number of amides is 1. The van der Waals surface area contributed by atoms with Crippen LogP contribution in [0.15, 0.2) is 28.8 Å². The van der Waals surface area contributed by atoms with E-state index in [9.17, 15) is 4.79 Å². The summed E-state index contributed by atoms with van der Waals surface area (Å²) in [5.74, 6) is 1.18. The number of benzene rings is 1. The summed E-state index contributed by atoms with van der Waals surface area (Å²) in [5.41, 5.74) is 2.20. The first-order chi connectivity index (χ1) is 11.7. The topological polar surface area (TPSA) is 68.5 Å². The molecule has 24 heavy (non-hydrogen) atoms. The number of ether oxygens (including phenoxy) is 1. The number of nitrogens with zero attached hydrogens (tertiary/aromatic N) is 3. The van der Waals surface area contributed by atoms with Crippen molar-refractivity contribution in [3.63, 3.8) is 0 Å². The van der Waals surface area contributed by atoms with E-state index in [1.807, 2.05) is 24.0 Å². The Morgan fingerprint density at radius 3 is 2.83 bits per heavy atom. The number of rotatable bonds is 5. The standard InChI is InChI=1S/C18H23N3O3/c1-3-14-4-6-15(7-5-14)18-19-16(24-20-18)8-9-17(22)21-10-11-23-13(2)12-21/h4-7,13H,3,8-12H2,1-2H3/t13-/m1/s1. The summed E-state index contributed by atoms with van der Waals surface area (Å²) < 4.78 is 10.7. The molecule has 3 rings (SSSR count). The van der Waals surface area contributed by atoms with E-state index in [0.29, 0.717) is 44.3 Å². The normalized spacial score (nSPS) is 17.9. The van der Waals surface area contributed by atoms with Gasteiger partial charge in [-0.05, 0) is 18.9 Å². The third-order valence-corrected chi connectivity index (χ3v) is 4.23. The fourth-order valence-electron chi connectivity index (χ4n) is 2.78. The number of hydrogen-bond acceptors (Lipinski definition) is 5. The van der Waals surface area contributed by atoms with Gasteiger partial charge in [-0.3, -0.25) is 4.79 Å². The molecular weight excluding hydrogens is 306 g/mol. The van der Waals surface area contributed by atoms with Gasteiger partial charge in [-0.1, -0.05) is 36.3 Å². The smallest absolute Gasteiger partial charge is 0.227 e. The number of carbonyl (C=O) groups excluding carboxylic acids is 1. The van der Waals surface area contributed by atoms with Crippen LogP contribution in [0.25, 0.3) is 11.4 Å². The zero-order valence-corrected chi connectivity index (χ0v) is 14.2. The molecule has 2 aromatic rings. The molecule has 1 atom stereocenters. The molecule has 1 amide bonds. The van der Waals surface area contributed by atoms with Crippen LogP contribution >= 0.6 is 0 Å². The highest BCUT2D eigenvalue weighted by molar-refractivity contribution is 5.76. The van der Waals surface area contributed by atoms with Crippen molar-refractivity contribution in [2.75, 3.05) is 19.7 Å². The summed E-state index contributed by atoms with van der Waals surface area (Å²) in [6.07, 6.45) is 1.94. The number of aryl methyl sites for hydroxylation is 2. The number of morpholine rings is 1. The monoisotopic (exact) mass is 329 g/mol. The molecule has 1 aromatic carbocycles. The summed E-state index contributed by atoms with van der Waals surface area (Å²) in [6.45, 7) is 6.01. The van der Waals surface area contributed by atoms with Gasteiger partial charge in [0.1, 0.15) is 0 Å². The first kappa shape index (κ1) is 16.6. The van der Waals surface area contributed by atoms with Crippen molar-refractivity contribution in [1.29, 1.82) is 0 Å². The predicted molar refractivity (Wildman–Crippen MR) is 89.4 cm³/mol. The van der Waals surface area contributed by atoms with Crippen LogP contribution in [0.3, 0.4) is 0 Å². The van der Waals surface area contributed by atoms with E-state index in [1.165, 1.54) is 5.56 Å². The van der Waals surface area contributed by atoms with E-state index in [0.717, 1.165) is 12.0 Å². The highest BCUT2D eigenvalue weighted by Crippen LogP contribution is 2.17. The molecule has 2 heterocycles. The van der Waals surface area contributed by atoms with Crippen molar-refractivity contribution in [2.45, 2.75) is 39.2 Å². The highest BCUT2D eigenvalue weighted by atomic mass is 16.5. The average molecular weight is 329 g/mol. The first-order valence-corrected chi connectivity index (χ1v) is 8.47. The number of aromatic nitrogens is 2. The van der Waals surface area contributed by atoms with Gasteiger partial charge >= 0.3 is 0 Å². The summed E-state index contributed by atoms with van der Waals surface area (Å²) >= 11 is 0. The van der Waals surface area contributed by atoms with Gasteiger partial charge in [0.25, 0.3) is 0 Å². The molecule has 1 fully saturated rings. The maximum absolute atomic E-state index is 12.2. The molecule has 6 nitrogen and oxygen atoms in total. The molecule has 0 radical (unpaired) electrons. The zero-order valence-electron chi connectivity index (χ0n) is 14.2. The Bertz CT molecular complexity index is 681. The molecule has 1 aliphatic heterocycles. The average Bonchev–Trinajstić information content (AvgIpc) is 3.09. The largest absolute Gasteiger partial charge is 0.375 e. The second-order valence-corrected chi connectivity index (χ2v) is 6.08. The van der Waals surface area contributed by atoms with Gasteiger partial charge in [0.15, 0.2) is 0 Å². The first-order valence-electron chi connectivity index (χ1n) is 8.47. The Kier molecular flexibility index (Phi) is 5.25.